The lowest BCUT2D eigenvalue weighted by Gasteiger charge is -2.20. The standard InChI is InChI=1S/C15H24N2O4S.ClH/c1-11(14(18)17-10-15(2,3)16)9-22(19,20)13-7-5-12(21-4)6-8-13;/h5-8,11H,9-10,16H2,1-4H3,(H,17,18);1H. The zero-order valence-corrected chi connectivity index (χ0v) is 15.5. The summed E-state index contributed by atoms with van der Waals surface area (Å²) in [6.45, 7) is 5.44. The van der Waals surface area contributed by atoms with Gasteiger partial charge in [0, 0.05) is 18.0 Å². The van der Waals surface area contributed by atoms with Gasteiger partial charge < -0.3 is 15.8 Å². The van der Waals surface area contributed by atoms with Crippen LogP contribution in [0.5, 0.6) is 5.75 Å². The summed E-state index contributed by atoms with van der Waals surface area (Å²) in [7, 11) is -2.02. The summed E-state index contributed by atoms with van der Waals surface area (Å²) in [6.07, 6.45) is 0. The molecule has 0 bridgehead atoms. The topological polar surface area (TPSA) is 98.5 Å². The van der Waals surface area contributed by atoms with Crippen LogP contribution in [0, 0.1) is 5.92 Å². The lowest BCUT2D eigenvalue weighted by molar-refractivity contribution is -0.124. The minimum Gasteiger partial charge on any atom is -0.497 e. The first-order valence-electron chi connectivity index (χ1n) is 6.98. The summed E-state index contributed by atoms with van der Waals surface area (Å²) >= 11 is 0. The minimum absolute atomic E-state index is 0. The van der Waals surface area contributed by atoms with Gasteiger partial charge in [0.05, 0.1) is 17.8 Å². The van der Waals surface area contributed by atoms with Crippen molar-refractivity contribution in [2.45, 2.75) is 31.2 Å². The molecule has 0 aliphatic carbocycles. The van der Waals surface area contributed by atoms with E-state index in [1.54, 1.807) is 32.9 Å². The van der Waals surface area contributed by atoms with Crippen LogP contribution in [-0.2, 0) is 14.6 Å². The average Bonchev–Trinajstić information content (AvgIpc) is 2.43. The van der Waals surface area contributed by atoms with Gasteiger partial charge in [0.15, 0.2) is 9.84 Å². The number of amides is 1. The Balaban J connectivity index is 0.00000484. The van der Waals surface area contributed by atoms with Crippen LogP contribution in [-0.4, -0.2) is 39.3 Å². The number of carbonyl (C=O) groups excluding carboxylic acids is 1. The van der Waals surface area contributed by atoms with Crippen molar-refractivity contribution in [2.24, 2.45) is 11.7 Å². The Morgan fingerprint density at radius 1 is 1.30 bits per heavy atom. The summed E-state index contributed by atoms with van der Waals surface area (Å²) < 4.78 is 29.6. The van der Waals surface area contributed by atoms with Gasteiger partial charge in [0.2, 0.25) is 5.91 Å². The molecule has 8 heteroatoms. The molecule has 1 amide bonds. The number of halogens is 1. The average molecular weight is 365 g/mol. The molecule has 0 fully saturated rings. The SMILES string of the molecule is COc1ccc(S(=O)(=O)CC(C)C(=O)NCC(C)(C)N)cc1.Cl. The van der Waals surface area contributed by atoms with Gasteiger partial charge in [-0.05, 0) is 38.1 Å². The summed E-state index contributed by atoms with van der Waals surface area (Å²) in [5, 5.41) is 2.67. The van der Waals surface area contributed by atoms with Gasteiger partial charge in [-0.1, -0.05) is 6.92 Å². The van der Waals surface area contributed by atoms with Crippen LogP contribution >= 0.6 is 12.4 Å². The number of nitrogens with one attached hydrogen (secondary N) is 1. The second-order valence-corrected chi connectivity index (χ2v) is 8.10. The summed E-state index contributed by atoms with van der Waals surface area (Å²) in [5.74, 6) is -0.657. The number of sulfone groups is 1. The molecular weight excluding hydrogens is 340 g/mol. The van der Waals surface area contributed by atoms with Gasteiger partial charge in [-0.2, -0.15) is 0 Å². The van der Waals surface area contributed by atoms with E-state index in [1.807, 2.05) is 0 Å². The molecule has 0 aliphatic rings. The molecule has 23 heavy (non-hydrogen) atoms. The maximum absolute atomic E-state index is 12.3. The molecule has 0 saturated carbocycles. The molecule has 1 aromatic rings. The Hall–Kier alpha value is -1.31. The van der Waals surface area contributed by atoms with Crippen molar-refractivity contribution in [1.82, 2.24) is 5.32 Å². The second-order valence-electron chi connectivity index (χ2n) is 6.06. The number of ether oxygens (including phenoxy) is 1. The molecule has 1 aromatic carbocycles. The first kappa shape index (κ1) is 21.7. The second kappa shape index (κ2) is 8.52. The van der Waals surface area contributed by atoms with Gasteiger partial charge in [-0.25, -0.2) is 8.42 Å². The minimum atomic E-state index is -3.53. The summed E-state index contributed by atoms with van der Waals surface area (Å²) in [6, 6.07) is 6.10. The molecule has 6 nitrogen and oxygen atoms in total. The molecule has 0 aromatic heterocycles. The lowest BCUT2D eigenvalue weighted by Crippen LogP contribution is -2.47. The van der Waals surface area contributed by atoms with Gasteiger partial charge in [-0.3, -0.25) is 4.79 Å². The molecule has 3 N–H and O–H groups in total. The van der Waals surface area contributed by atoms with Gasteiger partial charge >= 0.3 is 0 Å². The highest BCUT2D eigenvalue weighted by atomic mass is 35.5. The molecule has 1 unspecified atom stereocenters. The van der Waals surface area contributed by atoms with E-state index in [4.69, 9.17) is 10.5 Å². The summed E-state index contributed by atoms with van der Waals surface area (Å²) in [5.41, 5.74) is 5.25. The number of benzene rings is 1. The van der Waals surface area contributed by atoms with Crippen LogP contribution in [0.15, 0.2) is 29.2 Å². The first-order chi connectivity index (χ1) is 10.0. The molecule has 0 radical (unpaired) electrons. The van der Waals surface area contributed by atoms with Crippen molar-refractivity contribution in [3.63, 3.8) is 0 Å². The molecule has 0 heterocycles. The molecule has 0 aliphatic heterocycles. The Bertz CT molecular complexity index is 609. The van der Waals surface area contributed by atoms with Gasteiger partial charge in [0.1, 0.15) is 5.75 Å². The van der Waals surface area contributed by atoms with Crippen molar-refractivity contribution in [2.75, 3.05) is 19.4 Å². The third-order valence-electron chi connectivity index (χ3n) is 3.05. The van der Waals surface area contributed by atoms with Crippen molar-refractivity contribution in [3.05, 3.63) is 24.3 Å². The third-order valence-corrected chi connectivity index (χ3v) is 4.98. The third kappa shape index (κ3) is 7.20. The zero-order chi connectivity index (χ0) is 17.0. The van der Waals surface area contributed by atoms with E-state index < -0.39 is 21.3 Å². The molecule has 132 valence electrons. The Morgan fingerprint density at radius 3 is 2.26 bits per heavy atom. The number of methoxy groups -OCH3 is 1. The maximum Gasteiger partial charge on any atom is 0.223 e. The van der Waals surface area contributed by atoms with Crippen LogP contribution in [0.2, 0.25) is 0 Å². The van der Waals surface area contributed by atoms with E-state index in [1.165, 1.54) is 19.2 Å². The fraction of sp³-hybridized carbons (Fsp3) is 0.533. The highest BCUT2D eigenvalue weighted by Crippen LogP contribution is 2.18. The van der Waals surface area contributed by atoms with Crippen molar-refractivity contribution in [1.29, 1.82) is 0 Å². The monoisotopic (exact) mass is 364 g/mol. The van der Waals surface area contributed by atoms with Crippen LogP contribution in [0.1, 0.15) is 20.8 Å². The van der Waals surface area contributed by atoms with Gasteiger partial charge in [-0.15, -0.1) is 12.4 Å². The first-order valence-corrected chi connectivity index (χ1v) is 8.64. The zero-order valence-electron chi connectivity index (χ0n) is 13.8. The van der Waals surface area contributed by atoms with Crippen molar-refractivity contribution >= 4 is 28.2 Å². The largest absolute Gasteiger partial charge is 0.497 e. The molecule has 1 rings (SSSR count). The molecule has 0 spiro atoms. The van der Waals surface area contributed by atoms with E-state index in [9.17, 15) is 13.2 Å². The van der Waals surface area contributed by atoms with E-state index >= 15 is 0 Å². The van der Waals surface area contributed by atoms with Crippen LogP contribution in [0.4, 0.5) is 0 Å². The smallest absolute Gasteiger partial charge is 0.223 e. The van der Waals surface area contributed by atoms with E-state index in [2.05, 4.69) is 5.32 Å². The normalized spacial score (nSPS) is 12.9. The number of nitrogens with two attached hydrogens (primary N) is 1. The highest BCUT2D eigenvalue weighted by molar-refractivity contribution is 7.91. The fourth-order valence-electron chi connectivity index (χ4n) is 1.77. The number of hydrogen-bond donors (Lipinski definition) is 2. The molecular formula is C15H25ClN2O4S. The molecule has 0 saturated heterocycles. The van der Waals surface area contributed by atoms with Crippen LogP contribution < -0.4 is 15.8 Å². The van der Waals surface area contributed by atoms with Crippen molar-refractivity contribution in [3.8, 4) is 5.75 Å². The Morgan fingerprint density at radius 2 is 1.83 bits per heavy atom. The Kier molecular flexibility index (Phi) is 8.03. The number of hydrogen-bond acceptors (Lipinski definition) is 5. The number of carbonyl (C=O) groups is 1. The van der Waals surface area contributed by atoms with Gasteiger partial charge in [0.25, 0.3) is 0 Å². The lowest BCUT2D eigenvalue weighted by atomic mass is 10.1. The van der Waals surface area contributed by atoms with Crippen LogP contribution in [0.25, 0.3) is 0 Å². The van der Waals surface area contributed by atoms with E-state index in [0.29, 0.717) is 12.3 Å². The summed E-state index contributed by atoms with van der Waals surface area (Å²) in [4.78, 5) is 12.1. The Labute approximate surface area is 144 Å². The quantitative estimate of drug-likeness (QED) is 0.761. The number of rotatable bonds is 7. The predicted octanol–water partition coefficient (Wildman–Crippen LogP) is 1.38. The maximum atomic E-state index is 12.3. The predicted molar refractivity (Wildman–Crippen MR) is 92.7 cm³/mol. The fourth-order valence-corrected chi connectivity index (χ4v) is 3.33. The van der Waals surface area contributed by atoms with E-state index in [-0.39, 0.29) is 29.0 Å². The van der Waals surface area contributed by atoms with Crippen LogP contribution in [0.3, 0.4) is 0 Å². The van der Waals surface area contributed by atoms with Crippen molar-refractivity contribution < 1.29 is 17.9 Å². The van der Waals surface area contributed by atoms with E-state index in [0.717, 1.165) is 0 Å². The highest BCUT2D eigenvalue weighted by Gasteiger charge is 2.24. The molecule has 1 atom stereocenters.